The first kappa shape index (κ1) is 14.3. The van der Waals surface area contributed by atoms with Crippen LogP contribution in [-0.2, 0) is 0 Å². The molecule has 0 aromatic heterocycles. The molecular weight excluding hydrogens is 246 g/mol. The molecule has 106 valence electrons. The molecule has 1 aromatic rings. The second-order valence-electron chi connectivity index (χ2n) is 5.88. The van der Waals surface area contributed by atoms with Gasteiger partial charge < -0.3 is 4.74 Å². The highest BCUT2D eigenvalue weighted by Crippen LogP contribution is 2.37. The van der Waals surface area contributed by atoms with E-state index in [0.717, 1.165) is 32.1 Å². The highest BCUT2D eigenvalue weighted by Gasteiger charge is 2.32. The largest absolute Gasteiger partial charge is 0.481 e. The Labute approximate surface area is 114 Å². The van der Waals surface area contributed by atoms with Crippen molar-refractivity contribution in [3.05, 3.63) is 29.3 Å². The van der Waals surface area contributed by atoms with Crippen LogP contribution in [0.4, 0.5) is 8.78 Å². The summed E-state index contributed by atoms with van der Waals surface area (Å²) >= 11 is 0. The van der Waals surface area contributed by atoms with Gasteiger partial charge in [-0.15, -0.1) is 0 Å². The Hall–Kier alpha value is -1.12. The molecule has 19 heavy (non-hydrogen) atoms. The molecule has 1 atom stereocenters. The van der Waals surface area contributed by atoms with Crippen molar-refractivity contribution in [1.29, 1.82) is 0 Å². The molecule has 3 heteroatoms. The van der Waals surface area contributed by atoms with Gasteiger partial charge in [-0.05, 0) is 62.6 Å². The van der Waals surface area contributed by atoms with Gasteiger partial charge in [-0.3, -0.25) is 0 Å². The predicted octanol–water partition coefficient (Wildman–Crippen LogP) is 5.19. The Morgan fingerprint density at radius 1 is 1.21 bits per heavy atom. The summed E-state index contributed by atoms with van der Waals surface area (Å²) in [6.07, 6.45) is 4.70. The molecule has 1 aliphatic carbocycles. The van der Waals surface area contributed by atoms with Crippen LogP contribution in [0.1, 0.15) is 64.4 Å². The van der Waals surface area contributed by atoms with Crippen LogP contribution in [0.5, 0.6) is 5.75 Å². The zero-order valence-corrected chi connectivity index (χ0v) is 11.9. The lowest BCUT2D eigenvalue weighted by Crippen LogP contribution is -2.29. The first-order valence-corrected chi connectivity index (χ1v) is 7.13. The van der Waals surface area contributed by atoms with E-state index in [1.54, 1.807) is 0 Å². The van der Waals surface area contributed by atoms with Crippen molar-refractivity contribution < 1.29 is 13.5 Å². The maximum Gasteiger partial charge on any atom is 0.191 e. The Kier molecular flexibility index (Phi) is 4.12. The fourth-order valence-electron chi connectivity index (χ4n) is 2.67. The van der Waals surface area contributed by atoms with Crippen LogP contribution in [0.15, 0.2) is 12.1 Å². The van der Waals surface area contributed by atoms with E-state index in [2.05, 4.69) is 0 Å². The Balaban J connectivity index is 2.26. The summed E-state index contributed by atoms with van der Waals surface area (Å²) in [6, 6.07) is 2.82. The third-order valence-corrected chi connectivity index (χ3v) is 4.21. The first-order chi connectivity index (χ1) is 8.95. The number of ether oxygens (including phenoxy) is 1. The van der Waals surface area contributed by atoms with E-state index in [1.807, 2.05) is 20.8 Å². The Morgan fingerprint density at radius 3 is 2.21 bits per heavy atom. The summed E-state index contributed by atoms with van der Waals surface area (Å²) in [5.41, 5.74) is 0.279. The average Bonchev–Trinajstić information content (AvgIpc) is 2.80. The number of halogens is 2. The van der Waals surface area contributed by atoms with Crippen LogP contribution in [0.2, 0.25) is 0 Å². The van der Waals surface area contributed by atoms with Gasteiger partial charge in [0, 0.05) is 0 Å². The number of hydrogen-bond acceptors (Lipinski definition) is 1. The topological polar surface area (TPSA) is 9.23 Å². The highest BCUT2D eigenvalue weighted by molar-refractivity contribution is 5.33. The summed E-state index contributed by atoms with van der Waals surface area (Å²) in [7, 11) is 0. The van der Waals surface area contributed by atoms with Crippen molar-refractivity contribution in [3.63, 3.8) is 0 Å². The SMILES string of the molecule is CCC(C)c1cc(F)c(OC2(C)CCCC2)c(F)c1. The van der Waals surface area contributed by atoms with E-state index < -0.39 is 17.2 Å². The summed E-state index contributed by atoms with van der Waals surface area (Å²) < 4.78 is 33.8. The van der Waals surface area contributed by atoms with Gasteiger partial charge in [-0.25, -0.2) is 8.78 Å². The van der Waals surface area contributed by atoms with Gasteiger partial charge in [0.1, 0.15) is 5.60 Å². The van der Waals surface area contributed by atoms with Crippen molar-refractivity contribution in [3.8, 4) is 5.75 Å². The number of rotatable bonds is 4. The third kappa shape index (κ3) is 3.07. The van der Waals surface area contributed by atoms with Gasteiger partial charge in [0.2, 0.25) is 0 Å². The van der Waals surface area contributed by atoms with Crippen molar-refractivity contribution in [2.75, 3.05) is 0 Å². The van der Waals surface area contributed by atoms with Crippen LogP contribution >= 0.6 is 0 Å². The second kappa shape index (κ2) is 5.48. The van der Waals surface area contributed by atoms with Crippen molar-refractivity contribution in [2.45, 2.75) is 64.4 Å². The Morgan fingerprint density at radius 2 is 1.74 bits per heavy atom. The van der Waals surface area contributed by atoms with E-state index in [4.69, 9.17) is 4.74 Å². The first-order valence-electron chi connectivity index (χ1n) is 7.13. The van der Waals surface area contributed by atoms with Crippen LogP contribution in [-0.4, -0.2) is 5.60 Å². The molecule has 1 aliphatic rings. The number of hydrogen-bond donors (Lipinski definition) is 0. The fraction of sp³-hybridized carbons (Fsp3) is 0.625. The van der Waals surface area contributed by atoms with Crippen molar-refractivity contribution in [1.82, 2.24) is 0 Å². The third-order valence-electron chi connectivity index (χ3n) is 4.21. The van der Waals surface area contributed by atoms with E-state index in [-0.39, 0.29) is 11.7 Å². The minimum absolute atomic E-state index is 0.153. The fourth-order valence-corrected chi connectivity index (χ4v) is 2.67. The molecule has 1 fully saturated rings. The van der Waals surface area contributed by atoms with E-state index >= 15 is 0 Å². The minimum Gasteiger partial charge on any atom is -0.481 e. The molecule has 2 rings (SSSR count). The van der Waals surface area contributed by atoms with Gasteiger partial charge >= 0.3 is 0 Å². The molecule has 1 aromatic carbocycles. The lowest BCUT2D eigenvalue weighted by Gasteiger charge is -2.26. The van der Waals surface area contributed by atoms with Gasteiger partial charge in [0.25, 0.3) is 0 Å². The zero-order chi connectivity index (χ0) is 14.0. The van der Waals surface area contributed by atoms with Gasteiger partial charge in [-0.2, -0.15) is 0 Å². The molecule has 1 saturated carbocycles. The van der Waals surface area contributed by atoms with Crippen molar-refractivity contribution in [2.24, 2.45) is 0 Å². The van der Waals surface area contributed by atoms with Crippen LogP contribution in [0, 0.1) is 11.6 Å². The minimum atomic E-state index is -0.580. The summed E-state index contributed by atoms with van der Waals surface area (Å²) in [5.74, 6) is -1.22. The summed E-state index contributed by atoms with van der Waals surface area (Å²) in [4.78, 5) is 0. The normalized spacial score (nSPS) is 19.4. The molecule has 0 saturated heterocycles. The molecule has 1 unspecified atom stereocenters. The predicted molar refractivity (Wildman–Crippen MR) is 72.6 cm³/mol. The van der Waals surface area contributed by atoms with Crippen molar-refractivity contribution >= 4 is 0 Å². The van der Waals surface area contributed by atoms with E-state index in [1.165, 1.54) is 12.1 Å². The molecule has 0 heterocycles. The quantitative estimate of drug-likeness (QED) is 0.730. The summed E-state index contributed by atoms with van der Waals surface area (Å²) in [6.45, 7) is 5.90. The average molecular weight is 268 g/mol. The smallest absolute Gasteiger partial charge is 0.191 e. The van der Waals surface area contributed by atoms with Gasteiger partial charge in [0.15, 0.2) is 17.4 Å². The standard InChI is InChI=1S/C16H22F2O/c1-4-11(2)12-9-13(17)15(14(18)10-12)19-16(3)7-5-6-8-16/h9-11H,4-8H2,1-3H3. The maximum absolute atomic E-state index is 14.1. The van der Waals surface area contributed by atoms with Crippen LogP contribution in [0.3, 0.4) is 0 Å². The molecule has 0 bridgehead atoms. The van der Waals surface area contributed by atoms with Gasteiger partial charge in [0.05, 0.1) is 0 Å². The molecule has 0 spiro atoms. The molecule has 0 aliphatic heterocycles. The van der Waals surface area contributed by atoms with E-state index in [0.29, 0.717) is 5.56 Å². The molecule has 0 radical (unpaired) electrons. The van der Waals surface area contributed by atoms with E-state index in [9.17, 15) is 8.78 Å². The van der Waals surface area contributed by atoms with Crippen LogP contribution < -0.4 is 4.74 Å². The summed E-state index contributed by atoms with van der Waals surface area (Å²) in [5, 5.41) is 0. The second-order valence-corrected chi connectivity index (χ2v) is 5.88. The molecule has 1 nitrogen and oxygen atoms in total. The zero-order valence-electron chi connectivity index (χ0n) is 11.9. The molecular formula is C16H22F2O. The maximum atomic E-state index is 14.1. The van der Waals surface area contributed by atoms with Crippen LogP contribution in [0.25, 0.3) is 0 Å². The Bertz CT molecular complexity index is 427. The lowest BCUT2D eigenvalue weighted by molar-refractivity contribution is 0.0855. The molecule has 0 amide bonds. The van der Waals surface area contributed by atoms with Gasteiger partial charge in [-0.1, -0.05) is 13.8 Å². The lowest BCUT2D eigenvalue weighted by atomic mass is 9.98. The molecule has 0 N–H and O–H groups in total. The number of benzene rings is 1. The highest BCUT2D eigenvalue weighted by atomic mass is 19.1. The monoisotopic (exact) mass is 268 g/mol.